The van der Waals surface area contributed by atoms with Crippen LogP contribution in [-0.2, 0) is 9.59 Å². The molecule has 32 heavy (non-hydrogen) atoms. The number of ketones is 1. The van der Waals surface area contributed by atoms with Crippen molar-refractivity contribution in [3.05, 3.63) is 12.3 Å². The monoisotopic (exact) mass is 449 g/mol. The Balaban J connectivity index is 2.39. The van der Waals surface area contributed by atoms with Gasteiger partial charge in [-0.05, 0) is 69.7 Å². The van der Waals surface area contributed by atoms with Crippen molar-refractivity contribution in [1.29, 1.82) is 0 Å². The van der Waals surface area contributed by atoms with Gasteiger partial charge in [-0.15, -0.1) is 0 Å². The van der Waals surface area contributed by atoms with Crippen molar-refractivity contribution in [3.8, 4) is 0 Å². The number of rotatable bonds is 19. The van der Waals surface area contributed by atoms with Gasteiger partial charge < -0.3 is 16.4 Å². The third-order valence-electron chi connectivity index (χ3n) is 7.16. The number of likely N-dealkylation sites (N-methyl/N-ethyl adjacent to an activating group) is 1. The Hall–Kier alpha value is -1.36. The first-order chi connectivity index (χ1) is 15.2. The first-order valence-electron chi connectivity index (χ1n) is 13.1. The maximum atomic E-state index is 12.8. The fourth-order valence-electron chi connectivity index (χ4n) is 5.25. The molecule has 4 unspecified atom stereocenters. The molecule has 0 bridgehead atoms. The molecular weight excluding hydrogens is 398 g/mol. The lowest BCUT2D eigenvalue weighted by molar-refractivity contribution is -0.123. The second-order valence-corrected chi connectivity index (χ2v) is 10.5. The molecule has 1 aliphatic carbocycles. The molecule has 4 atom stereocenters. The van der Waals surface area contributed by atoms with Crippen LogP contribution in [0.15, 0.2) is 12.3 Å². The highest BCUT2D eigenvalue weighted by Gasteiger charge is 2.44. The van der Waals surface area contributed by atoms with Gasteiger partial charge in [-0.1, -0.05) is 65.9 Å². The quantitative estimate of drug-likeness (QED) is 0.232. The standard InChI is InChI=1S/C27H51N3O2/c1-19(2)26(25(23-17-18-23)21(4)27(29-6)22(5)31)30-24(32)16-14-12-10-8-7-9-11-13-15-20(3)28/h19,21,23,25-27,29H,3,7-18,28H2,1-2,4-6H3,(H,30,32). The molecule has 1 rings (SSSR count). The van der Waals surface area contributed by atoms with Crippen molar-refractivity contribution in [2.75, 3.05) is 7.05 Å². The summed E-state index contributed by atoms with van der Waals surface area (Å²) in [6.07, 6.45) is 13.4. The molecule has 0 aromatic carbocycles. The molecule has 0 radical (unpaired) electrons. The van der Waals surface area contributed by atoms with Crippen LogP contribution in [0.5, 0.6) is 0 Å². The largest absolute Gasteiger partial charge is 0.403 e. The van der Waals surface area contributed by atoms with E-state index in [1.165, 1.54) is 44.9 Å². The Morgan fingerprint density at radius 3 is 1.84 bits per heavy atom. The Kier molecular flexibility index (Phi) is 13.9. The predicted octanol–water partition coefficient (Wildman–Crippen LogP) is 5.34. The number of allylic oxidation sites excluding steroid dienone is 1. The van der Waals surface area contributed by atoms with Crippen molar-refractivity contribution in [1.82, 2.24) is 10.6 Å². The Bertz CT molecular complexity index is 571. The summed E-state index contributed by atoms with van der Waals surface area (Å²) in [5, 5.41) is 6.59. The first kappa shape index (κ1) is 28.7. The van der Waals surface area contributed by atoms with Gasteiger partial charge in [0.2, 0.25) is 5.91 Å². The Labute approximate surface area is 197 Å². The van der Waals surface area contributed by atoms with Crippen LogP contribution in [0.4, 0.5) is 0 Å². The van der Waals surface area contributed by atoms with Crippen LogP contribution in [0.3, 0.4) is 0 Å². The SMILES string of the molecule is C=C(N)CCCCCCCCCCC(=O)NC(C(C)C)C(C1CC1)C(C)C(NC)C(C)=O. The van der Waals surface area contributed by atoms with Gasteiger partial charge in [0, 0.05) is 18.2 Å². The lowest BCUT2D eigenvalue weighted by Crippen LogP contribution is -2.52. The lowest BCUT2D eigenvalue weighted by atomic mass is 9.74. The van der Waals surface area contributed by atoms with E-state index in [4.69, 9.17) is 5.73 Å². The highest BCUT2D eigenvalue weighted by molar-refractivity contribution is 5.81. The molecule has 0 aromatic heterocycles. The van der Waals surface area contributed by atoms with Crippen LogP contribution in [0, 0.1) is 23.7 Å². The van der Waals surface area contributed by atoms with Crippen LogP contribution in [0.25, 0.3) is 0 Å². The minimum atomic E-state index is -0.145. The fraction of sp³-hybridized carbons (Fsp3) is 0.852. The molecule has 1 amide bonds. The van der Waals surface area contributed by atoms with Gasteiger partial charge in [0.1, 0.15) is 5.78 Å². The van der Waals surface area contributed by atoms with Crippen molar-refractivity contribution in [2.45, 2.75) is 117 Å². The zero-order valence-electron chi connectivity index (χ0n) is 21.6. The number of amides is 1. The molecule has 0 heterocycles. The summed E-state index contributed by atoms with van der Waals surface area (Å²) in [6.45, 7) is 12.0. The summed E-state index contributed by atoms with van der Waals surface area (Å²) < 4.78 is 0. The number of carbonyl (C=O) groups is 2. The highest BCUT2D eigenvalue weighted by atomic mass is 16.1. The molecule has 1 aliphatic rings. The number of nitrogens with two attached hydrogens (primary N) is 1. The maximum Gasteiger partial charge on any atom is 0.220 e. The Morgan fingerprint density at radius 2 is 1.44 bits per heavy atom. The van der Waals surface area contributed by atoms with E-state index < -0.39 is 0 Å². The van der Waals surface area contributed by atoms with Gasteiger partial charge in [0.25, 0.3) is 0 Å². The van der Waals surface area contributed by atoms with E-state index in [2.05, 4.69) is 38.0 Å². The van der Waals surface area contributed by atoms with Gasteiger partial charge in [-0.25, -0.2) is 0 Å². The smallest absolute Gasteiger partial charge is 0.220 e. The Morgan fingerprint density at radius 1 is 0.938 bits per heavy atom. The maximum absolute atomic E-state index is 12.8. The zero-order chi connectivity index (χ0) is 24.1. The van der Waals surface area contributed by atoms with E-state index in [1.54, 1.807) is 6.92 Å². The van der Waals surface area contributed by atoms with Crippen molar-refractivity contribution in [2.24, 2.45) is 29.4 Å². The number of hydrogen-bond donors (Lipinski definition) is 3. The third-order valence-corrected chi connectivity index (χ3v) is 7.16. The summed E-state index contributed by atoms with van der Waals surface area (Å²) in [4.78, 5) is 24.9. The predicted molar refractivity (Wildman–Crippen MR) is 135 cm³/mol. The average Bonchev–Trinajstić information content (AvgIpc) is 3.53. The summed E-state index contributed by atoms with van der Waals surface area (Å²) in [5.41, 5.74) is 6.39. The summed E-state index contributed by atoms with van der Waals surface area (Å²) in [6, 6.07) is -0.0160. The van der Waals surface area contributed by atoms with Gasteiger partial charge in [0.15, 0.2) is 0 Å². The van der Waals surface area contributed by atoms with Crippen molar-refractivity contribution in [3.63, 3.8) is 0 Å². The molecular formula is C27H51N3O2. The van der Waals surface area contributed by atoms with Gasteiger partial charge in [-0.2, -0.15) is 0 Å². The summed E-state index contributed by atoms with van der Waals surface area (Å²) in [5.74, 6) is 1.89. The van der Waals surface area contributed by atoms with Crippen LogP contribution in [0.2, 0.25) is 0 Å². The van der Waals surface area contributed by atoms with Gasteiger partial charge in [0.05, 0.1) is 6.04 Å². The first-order valence-corrected chi connectivity index (χ1v) is 13.1. The van der Waals surface area contributed by atoms with Crippen LogP contribution >= 0.6 is 0 Å². The number of nitrogens with one attached hydrogen (secondary N) is 2. The topological polar surface area (TPSA) is 84.2 Å². The molecule has 0 spiro atoms. The molecule has 0 aromatic rings. The molecule has 1 saturated carbocycles. The highest BCUT2D eigenvalue weighted by Crippen LogP contribution is 2.44. The second kappa shape index (κ2) is 15.5. The molecule has 186 valence electrons. The number of unbranched alkanes of at least 4 members (excludes halogenated alkanes) is 7. The zero-order valence-corrected chi connectivity index (χ0v) is 21.6. The van der Waals surface area contributed by atoms with E-state index in [0.717, 1.165) is 31.4 Å². The van der Waals surface area contributed by atoms with E-state index in [9.17, 15) is 9.59 Å². The minimum Gasteiger partial charge on any atom is -0.403 e. The van der Waals surface area contributed by atoms with Gasteiger partial charge >= 0.3 is 0 Å². The van der Waals surface area contributed by atoms with Crippen molar-refractivity contribution >= 4 is 11.7 Å². The van der Waals surface area contributed by atoms with Gasteiger partial charge in [-0.3, -0.25) is 9.59 Å². The number of carbonyl (C=O) groups excluding carboxylic acids is 2. The summed E-state index contributed by atoms with van der Waals surface area (Å²) in [7, 11) is 1.87. The van der Waals surface area contributed by atoms with E-state index in [-0.39, 0.29) is 29.7 Å². The molecule has 5 heteroatoms. The lowest BCUT2D eigenvalue weighted by Gasteiger charge is -2.38. The van der Waals surface area contributed by atoms with Crippen LogP contribution < -0.4 is 16.4 Å². The number of Topliss-reactive ketones (excluding diaryl/α,β-unsaturated/α-hetero) is 1. The second-order valence-electron chi connectivity index (χ2n) is 10.5. The molecule has 5 nitrogen and oxygen atoms in total. The van der Waals surface area contributed by atoms with E-state index in [1.807, 2.05) is 7.05 Å². The molecule has 1 fully saturated rings. The molecule has 0 saturated heterocycles. The molecule has 0 aliphatic heterocycles. The molecule has 4 N–H and O–H groups in total. The van der Waals surface area contributed by atoms with Crippen molar-refractivity contribution < 1.29 is 9.59 Å². The van der Waals surface area contributed by atoms with E-state index in [0.29, 0.717) is 24.2 Å². The van der Waals surface area contributed by atoms with Crippen LogP contribution in [0.1, 0.15) is 105 Å². The third kappa shape index (κ3) is 11.0. The minimum absolute atomic E-state index is 0.129. The van der Waals surface area contributed by atoms with E-state index >= 15 is 0 Å². The number of hydrogen-bond acceptors (Lipinski definition) is 4. The summed E-state index contributed by atoms with van der Waals surface area (Å²) >= 11 is 0. The fourth-order valence-corrected chi connectivity index (χ4v) is 5.25. The normalized spacial score (nSPS) is 17.6. The van der Waals surface area contributed by atoms with Crippen LogP contribution in [-0.4, -0.2) is 30.8 Å². The average molecular weight is 450 g/mol.